The smallest absolute Gasteiger partial charge is 0.0713 e. The second kappa shape index (κ2) is 13.9. The molecule has 1 aliphatic carbocycles. The summed E-state index contributed by atoms with van der Waals surface area (Å²) in [5.74, 6) is 0.914. The van der Waals surface area contributed by atoms with Crippen molar-refractivity contribution in [2.24, 2.45) is 5.92 Å². The van der Waals surface area contributed by atoms with Gasteiger partial charge in [-0.15, -0.1) is 0 Å². The van der Waals surface area contributed by atoms with Crippen molar-refractivity contribution < 1.29 is 4.74 Å². The fraction of sp³-hybridized carbons (Fsp3) is 0.778. The van der Waals surface area contributed by atoms with Crippen molar-refractivity contribution in [2.75, 3.05) is 13.2 Å². The highest BCUT2D eigenvalue weighted by Crippen LogP contribution is 2.17. The molecule has 0 N–H and O–H groups in total. The van der Waals surface area contributed by atoms with Crippen LogP contribution in [0.2, 0.25) is 0 Å². The molecule has 0 saturated heterocycles. The van der Waals surface area contributed by atoms with E-state index in [-0.39, 0.29) is 0 Å². The molecule has 0 aromatic carbocycles. The average Bonchev–Trinajstić information content (AvgIpc) is 2.49. The van der Waals surface area contributed by atoms with Crippen molar-refractivity contribution in [3.8, 4) is 0 Å². The molecule has 0 radical (unpaired) electrons. The maximum absolute atomic E-state index is 5.73. The standard InChI is InChI=1S/C16H28O.C2H6/c1-3-9-15(4-2)12-8-13-17-14-16-10-6-5-7-11-16;1-2/h6,10-11,15H,3-5,7-9,12-14H2,1-2H3;1-2H3. The van der Waals surface area contributed by atoms with Crippen molar-refractivity contribution in [1.29, 1.82) is 0 Å². The Kier molecular flexibility index (Phi) is 13.5. The van der Waals surface area contributed by atoms with Gasteiger partial charge in [-0.1, -0.05) is 65.2 Å². The van der Waals surface area contributed by atoms with E-state index in [9.17, 15) is 0 Å². The molecule has 0 spiro atoms. The Morgan fingerprint density at radius 2 is 1.95 bits per heavy atom. The summed E-state index contributed by atoms with van der Waals surface area (Å²) in [5.41, 5.74) is 1.36. The number of rotatable bonds is 9. The highest BCUT2D eigenvalue weighted by atomic mass is 16.5. The fourth-order valence-electron chi connectivity index (χ4n) is 2.40. The molecule has 1 heteroatoms. The topological polar surface area (TPSA) is 9.23 Å². The molecule has 1 unspecified atom stereocenters. The van der Waals surface area contributed by atoms with Gasteiger partial charge in [-0.3, -0.25) is 0 Å². The number of ether oxygens (including phenoxy) is 1. The number of hydrogen-bond donors (Lipinski definition) is 0. The maximum Gasteiger partial charge on any atom is 0.0713 e. The van der Waals surface area contributed by atoms with Gasteiger partial charge < -0.3 is 4.74 Å². The van der Waals surface area contributed by atoms with Gasteiger partial charge in [-0.2, -0.15) is 0 Å². The first-order chi connectivity index (χ1) is 9.36. The molecule has 0 aromatic heterocycles. The Hall–Kier alpha value is -0.560. The summed E-state index contributed by atoms with van der Waals surface area (Å²) < 4.78 is 5.73. The van der Waals surface area contributed by atoms with Crippen LogP contribution >= 0.6 is 0 Å². The Bertz CT molecular complexity index is 240. The Morgan fingerprint density at radius 3 is 2.53 bits per heavy atom. The zero-order valence-corrected chi connectivity index (χ0v) is 13.6. The van der Waals surface area contributed by atoms with E-state index >= 15 is 0 Å². The number of hydrogen-bond acceptors (Lipinski definition) is 1. The van der Waals surface area contributed by atoms with Gasteiger partial charge in [0.1, 0.15) is 0 Å². The molecule has 0 bridgehead atoms. The Morgan fingerprint density at radius 1 is 1.16 bits per heavy atom. The largest absolute Gasteiger partial charge is 0.377 e. The lowest BCUT2D eigenvalue weighted by atomic mass is 9.96. The molecular weight excluding hydrogens is 232 g/mol. The quantitative estimate of drug-likeness (QED) is 0.471. The fourth-order valence-corrected chi connectivity index (χ4v) is 2.40. The van der Waals surface area contributed by atoms with Crippen LogP contribution in [0.4, 0.5) is 0 Å². The van der Waals surface area contributed by atoms with Crippen LogP contribution in [0.15, 0.2) is 23.8 Å². The van der Waals surface area contributed by atoms with E-state index in [1.165, 1.54) is 50.5 Å². The van der Waals surface area contributed by atoms with Gasteiger partial charge in [-0.05, 0) is 37.2 Å². The normalized spacial score (nSPS) is 15.5. The molecule has 0 aliphatic heterocycles. The van der Waals surface area contributed by atoms with Crippen LogP contribution in [0, 0.1) is 5.92 Å². The number of allylic oxidation sites excluding steroid dienone is 2. The first-order valence-electron chi connectivity index (χ1n) is 8.30. The zero-order valence-electron chi connectivity index (χ0n) is 13.6. The first kappa shape index (κ1) is 18.4. The molecule has 0 aromatic rings. The Balaban J connectivity index is 0.00000154. The highest BCUT2D eigenvalue weighted by molar-refractivity contribution is 5.22. The SMILES string of the molecule is CC.CCCC(CC)CCCOCC1=CCCC=C1. The third kappa shape index (κ3) is 9.95. The minimum atomic E-state index is 0.807. The molecule has 1 atom stereocenters. The molecule has 0 amide bonds. The summed E-state index contributed by atoms with van der Waals surface area (Å²) in [6, 6.07) is 0. The van der Waals surface area contributed by atoms with Gasteiger partial charge in [0.05, 0.1) is 6.61 Å². The lowest BCUT2D eigenvalue weighted by Gasteiger charge is -2.13. The highest BCUT2D eigenvalue weighted by Gasteiger charge is 2.04. The van der Waals surface area contributed by atoms with Gasteiger partial charge >= 0.3 is 0 Å². The van der Waals surface area contributed by atoms with Crippen LogP contribution in [0.1, 0.15) is 72.6 Å². The summed E-state index contributed by atoms with van der Waals surface area (Å²) in [5, 5.41) is 0. The molecule has 1 aliphatic rings. The van der Waals surface area contributed by atoms with E-state index in [1.807, 2.05) is 13.8 Å². The Labute approximate surface area is 121 Å². The minimum absolute atomic E-state index is 0.807. The third-order valence-corrected chi connectivity index (χ3v) is 3.52. The summed E-state index contributed by atoms with van der Waals surface area (Å²) in [7, 11) is 0. The molecule has 0 fully saturated rings. The third-order valence-electron chi connectivity index (χ3n) is 3.52. The van der Waals surface area contributed by atoms with Crippen LogP contribution in [-0.2, 0) is 4.74 Å². The second-order valence-corrected chi connectivity index (χ2v) is 5.02. The van der Waals surface area contributed by atoms with E-state index in [2.05, 4.69) is 32.1 Å². The molecular formula is C18H34O. The van der Waals surface area contributed by atoms with Crippen molar-refractivity contribution in [3.63, 3.8) is 0 Å². The van der Waals surface area contributed by atoms with Gasteiger partial charge in [-0.25, -0.2) is 0 Å². The van der Waals surface area contributed by atoms with Gasteiger partial charge in [0.2, 0.25) is 0 Å². The van der Waals surface area contributed by atoms with Crippen molar-refractivity contribution in [3.05, 3.63) is 23.8 Å². The molecule has 1 rings (SSSR count). The monoisotopic (exact) mass is 266 g/mol. The molecule has 112 valence electrons. The van der Waals surface area contributed by atoms with Crippen LogP contribution in [0.25, 0.3) is 0 Å². The summed E-state index contributed by atoms with van der Waals surface area (Å²) >= 11 is 0. The summed E-state index contributed by atoms with van der Waals surface area (Å²) in [6.07, 6.45) is 15.7. The van der Waals surface area contributed by atoms with E-state index in [4.69, 9.17) is 4.74 Å². The van der Waals surface area contributed by atoms with Crippen LogP contribution in [0.3, 0.4) is 0 Å². The van der Waals surface area contributed by atoms with Gasteiger partial charge in [0.25, 0.3) is 0 Å². The molecule has 1 nitrogen and oxygen atoms in total. The minimum Gasteiger partial charge on any atom is -0.377 e. The van der Waals surface area contributed by atoms with E-state index in [1.54, 1.807) is 0 Å². The van der Waals surface area contributed by atoms with Gasteiger partial charge in [0, 0.05) is 6.61 Å². The first-order valence-corrected chi connectivity index (χ1v) is 8.30. The lowest BCUT2D eigenvalue weighted by molar-refractivity contribution is 0.148. The van der Waals surface area contributed by atoms with Crippen LogP contribution in [0.5, 0.6) is 0 Å². The predicted octanol–water partition coefficient (Wildman–Crippen LogP) is 5.91. The summed E-state index contributed by atoms with van der Waals surface area (Å²) in [4.78, 5) is 0. The van der Waals surface area contributed by atoms with E-state index < -0.39 is 0 Å². The maximum atomic E-state index is 5.73. The van der Waals surface area contributed by atoms with Crippen molar-refractivity contribution >= 4 is 0 Å². The lowest BCUT2D eigenvalue weighted by Crippen LogP contribution is -2.04. The summed E-state index contributed by atoms with van der Waals surface area (Å²) in [6.45, 7) is 10.3. The molecule has 19 heavy (non-hydrogen) atoms. The van der Waals surface area contributed by atoms with E-state index in [0.717, 1.165) is 19.1 Å². The zero-order chi connectivity index (χ0) is 14.3. The molecule has 0 saturated carbocycles. The van der Waals surface area contributed by atoms with Crippen LogP contribution < -0.4 is 0 Å². The second-order valence-electron chi connectivity index (χ2n) is 5.02. The molecule has 0 heterocycles. The average molecular weight is 266 g/mol. The van der Waals surface area contributed by atoms with Crippen molar-refractivity contribution in [1.82, 2.24) is 0 Å². The van der Waals surface area contributed by atoms with Gasteiger partial charge in [0.15, 0.2) is 0 Å². The van der Waals surface area contributed by atoms with Crippen molar-refractivity contribution in [2.45, 2.75) is 72.6 Å². The van der Waals surface area contributed by atoms with E-state index in [0.29, 0.717) is 0 Å². The predicted molar refractivity (Wildman–Crippen MR) is 86.5 cm³/mol. The van der Waals surface area contributed by atoms with Crippen LogP contribution in [-0.4, -0.2) is 13.2 Å².